The second kappa shape index (κ2) is 4.21. The maximum atomic E-state index is 10.5. The van der Waals surface area contributed by atoms with Gasteiger partial charge in [-0.15, -0.1) is 0 Å². The second-order valence-corrected chi connectivity index (χ2v) is 4.09. The minimum atomic E-state index is -4.17. The van der Waals surface area contributed by atoms with E-state index in [1.54, 1.807) is 30.3 Å². The molecular weight excluding hydrogens is 206 g/mol. The molecule has 0 saturated heterocycles. The van der Waals surface area contributed by atoms with Gasteiger partial charge in [0.15, 0.2) is 0 Å². The number of nitrogens with zero attached hydrogens (tertiary/aromatic N) is 1. The van der Waals surface area contributed by atoms with Crippen LogP contribution in [0.5, 0.6) is 0 Å². The predicted octanol–water partition coefficient (Wildman–Crippen LogP) is 0.753. The van der Waals surface area contributed by atoms with Gasteiger partial charge in [0.2, 0.25) is 0 Å². The van der Waals surface area contributed by atoms with Crippen LogP contribution in [-0.2, 0) is 10.1 Å². The van der Waals surface area contributed by atoms with E-state index in [1.165, 1.54) is 0 Å². The molecule has 1 aromatic carbocycles. The van der Waals surface area contributed by atoms with Gasteiger partial charge in [0, 0.05) is 5.56 Å². The molecule has 0 amide bonds. The number of benzene rings is 1. The molecular formula is C8H9NO4S. The molecule has 0 atom stereocenters. The lowest BCUT2D eigenvalue weighted by molar-refractivity contribution is 0.319. The van der Waals surface area contributed by atoms with Crippen molar-refractivity contribution in [1.29, 1.82) is 0 Å². The summed E-state index contributed by atoms with van der Waals surface area (Å²) in [5, 5.41) is 11.4. The van der Waals surface area contributed by atoms with Crippen molar-refractivity contribution < 1.29 is 18.2 Å². The second-order valence-electron chi connectivity index (χ2n) is 2.64. The van der Waals surface area contributed by atoms with Gasteiger partial charge in [-0.3, -0.25) is 4.55 Å². The summed E-state index contributed by atoms with van der Waals surface area (Å²) in [5.74, 6) is -0.701. The van der Waals surface area contributed by atoms with Crippen molar-refractivity contribution in [2.24, 2.45) is 5.16 Å². The summed E-state index contributed by atoms with van der Waals surface area (Å²) >= 11 is 0. The topological polar surface area (TPSA) is 87.0 Å². The van der Waals surface area contributed by atoms with Crippen LogP contribution in [-0.4, -0.2) is 29.6 Å². The molecule has 0 aliphatic rings. The molecule has 0 aliphatic heterocycles. The normalized spacial score (nSPS) is 12.8. The monoisotopic (exact) mass is 215 g/mol. The predicted molar refractivity (Wildman–Crippen MR) is 51.2 cm³/mol. The maximum absolute atomic E-state index is 10.5. The van der Waals surface area contributed by atoms with Crippen molar-refractivity contribution in [2.75, 3.05) is 5.75 Å². The Morgan fingerprint density at radius 1 is 1.29 bits per heavy atom. The molecule has 0 heterocycles. The molecule has 6 heteroatoms. The highest BCUT2D eigenvalue weighted by atomic mass is 32.2. The van der Waals surface area contributed by atoms with Gasteiger partial charge >= 0.3 is 0 Å². The van der Waals surface area contributed by atoms with E-state index in [0.717, 1.165) is 0 Å². The molecule has 1 aromatic rings. The Morgan fingerprint density at radius 3 is 2.29 bits per heavy atom. The van der Waals surface area contributed by atoms with Crippen molar-refractivity contribution in [3.63, 3.8) is 0 Å². The maximum Gasteiger partial charge on any atom is 0.270 e. The number of hydrogen-bond acceptors (Lipinski definition) is 4. The Hall–Kier alpha value is -1.40. The van der Waals surface area contributed by atoms with Crippen LogP contribution in [0, 0.1) is 0 Å². The standard InChI is InChI=1S/C8H9NO4S/c10-9-8(6-14(11,12)13)7-4-2-1-3-5-7/h1-5,10H,6H2,(H,11,12,13). The van der Waals surface area contributed by atoms with Crippen LogP contribution < -0.4 is 0 Å². The highest BCUT2D eigenvalue weighted by molar-refractivity contribution is 7.86. The third-order valence-electron chi connectivity index (χ3n) is 1.55. The summed E-state index contributed by atoms with van der Waals surface area (Å²) in [6.45, 7) is 0. The number of rotatable bonds is 3. The van der Waals surface area contributed by atoms with Crippen molar-refractivity contribution in [3.8, 4) is 0 Å². The Morgan fingerprint density at radius 2 is 1.86 bits per heavy atom. The first-order valence-corrected chi connectivity index (χ1v) is 5.35. The van der Waals surface area contributed by atoms with Crippen molar-refractivity contribution in [1.82, 2.24) is 0 Å². The molecule has 0 spiro atoms. The fourth-order valence-electron chi connectivity index (χ4n) is 0.973. The average Bonchev–Trinajstić information content (AvgIpc) is 2.14. The first-order chi connectivity index (χ1) is 6.53. The fraction of sp³-hybridized carbons (Fsp3) is 0.125. The van der Waals surface area contributed by atoms with Gasteiger partial charge in [-0.2, -0.15) is 8.42 Å². The minimum Gasteiger partial charge on any atom is -0.411 e. The van der Waals surface area contributed by atoms with Gasteiger partial charge in [-0.05, 0) is 0 Å². The van der Waals surface area contributed by atoms with E-state index in [4.69, 9.17) is 9.76 Å². The Balaban J connectivity index is 2.97. The van der Waals surface area contributed by atoms with E-state index in [2.05, 4.69) is 5.16 Å². The van der Waals surface area contributed by atoms with E-state index in [9.17, 15) is 8.42 Å². The SMILES string of the molecule is O=S(=O)(O)CC(=NO)c1ccccc1. The molecule has 1 rings (SSSR count). The molecule has 0 saturated carbocycles. The highest BCUT2D eigenvalue weighted by Crippen LogP contribution is 2.02. The highest BCUT2D eigenvalue weighted by Gasteiger charge is 2.13. The molecule has 0 aromatic heterocycles. The third kappa shape index (κ3) is 3.15. The summed E-state index contributed by atoms with van der Waals surface area (Å²) in [5.41, 5.74) is 0.362. The van der Waals surface area contributed by atoms with Crippen molar-refractivity contribution >= 4 is 15.8 Å². The summed E-state index contributed by atoms with van der Waals surface area (Å²) in [6, 6.07) is 8.25. The molecule has 14 heavy (non-hydrogen) atoms. The van der Waals surface area contributed by atoms with Crippen LogP contribution in [0.1, 0.15) is 5.56 Å². The fourth-order valence-corrected chi connectivity index (χ4v) is 1.54. The third-order valence-corrected chi connectivity index (χ3v) is 2.19. The number of oxime groups is 1. The van der Waals surface area contributed by atoms with Crippen LogP contribution in [0.25, 0.3) is 0 Å². The van der Waals surface area contributed by atoms with Gasteiger partial charge in [-0.25, -0.2) is 0 Å². The molecule has 76 valence electrons. The summed E-state index contributed by atoms with van der Waals surface area (Å²) in [4.78, 5) is 0. The van der Waals surface area contributed by atoms with Gasteiger partial charge in [0.1, 0.15) is 11.5 Å². The van der Waals surface area contributed by atoms with Crippen molar-refractivity contribution in [3.05, 3.63) is 35.9 Å². The largest absolute Gasteiger partial charge is 0.411 e. The van der Waals surface area contributed by atoms with Gasteiger partial charge in [0.05, 0.1) is 0 Å². The van der Waals surface area contributed by atoms with Crippen molar-refractivity contribution in [2.45, 2.75) is 0 Å². The van der Waals surface area contributed by atoms with Gasteiger partial charge in [-0.1, -0.05) is 35.5 Å². The lowest BCUT2D eigenvalue weighted by Crippen LogP contribution is -2.16. The Bertz CT molecular complexity index is 424. The molecule has 0 fully saturated rings. The number of hydrogen-bond donors (Lipinski definition) is 2. The van der Waals surface area contributed by atoms with E-state index >= 15 is 0 Å². The first kappa shape index (κ1) is 10.7. The molecule has 0 aliphatic carbocycles. The summed E-state index contributed by atoms with van der Waals surface area (Å²) < 4.78 is 29.6. The van der Waals surface area contributed by atoms with E-state index in [-0.39, 0.29) is 5.71 Å². The molecule has 5 nitrogen and oxygen atoms in total. The minimum absolute atomic E-state index is 0.0897. The van der Waals surface area contributed by atoms with Crippen LogP contribution in [0.4, 0.5) is 0 Å². The van der Waals surface area contributed by atoms with E-state index in [1.807, 2.05) is 0 Å². The van der Waals surface area contributed by atoms with Gasteiger partial charge < -0.3 is 5.21 Å². The molecule has 0 radical (unpaired) electrons. The molecule has 0 unspecified atom stereocenters. The summed E-state index contributed by atoms with van der Waals surface area (Å²) in [6.07, 6.45) is 0. The van der Waals surface area contributed by atoms with E-state index < -0.39 is 15.9 Å². The van der Waals surface area contributed by atoms with E-state index in [0.29, 0.717) is 5.56 Å². The lowest BCUT2D eigenvalue weighted by atomic mass is 10.1. The zero-order valence-electron chi connectivity index (χ0n) is 7.16. The zero-order chi connectivity index (χ0) is 10.6. The first-order valence-electron chi connectivity index (χ1n) is 3.74. The molecule has 0 bridgehead atoms. The van der Waals surface area contributed by atoms with Crippen LogP contribution in [0.3, 0.4) is 0 Å². The van der Waals surface area contributed by atoms with Gasteiger partial charge in [0.25, 0.3) is 10.1 Å². The lowest BCUT2D eigenvalue weighted by Gasteiger charge is -2.01. The van der Waals surface area contributed by atoms with Crippen LogP contribution in [0.2, 0.25) is 0 Å². The average molecular weight is 215 g/mol. The van der Waals surface area contributed by atoms with Crippen LogP contribution in [0.15, 0.2) is 35.5 Å². The van der Waals surface area contributed by atoms with Crippen LogP contribution >= 0.6 is 0 Å². The Kier molecular flexibility index (Phi) is 3.21. The smallest absolute Gasteiger partial charge is 0.270 e. The Labute approximate surface area is 81.4 Å². The zero-order valence-corrected chi connectivity index (χ0v) is 7.98. The summed E-state index contributed by atoms with van der Waals surface area (Å²) in [7, 11) is -4.17. The molecule has 2 N–H and O–H groups in total. The quantitative estimate of drug-likeness (QED) is 0.337.